The maximum Gasteiger partial charge on any atom is 0.195 e. The molecule has 0 bridgehead atoms. The van der Waals surface area contributed by atoms with Crippen LogP contribution in [0.3, 0.4) is 0 Å². The summed E-state index contributed by atoms with van der Waals surface area (Å²) in [7, 11) is 0. The van der Waals surface area contributed by atoms with E-state index in [1.165, 1.54) is 22.9 Å². The van der Waals surface area contributed by atoms with Crippen molar-refractivity contribution >= 4 is 11.8 Å². The molecule has 0 radical (unpaired) electrons. The summed E-state index contributed by atoms with van der Waals surface area (Å²) in [6.45, 7) is 4.16. The first-order valence-electron chi connectivity index (χ1n) is 7.48. The lowest BCUT2D eigenvalue weighted by atomic mass is 10.1. The summed E-state index contributed by atoms with van der Waals surface area (Å²) in [5.74, 6) is 0.535. The molecule has 0 fully saturated rings. The number of rotatable bonds is 5. The fourth-order valence-corrected chi connectivity index (χ4v) is 3.38. The Morgan fingerprint density at radius 3 is 2.65 bits per heavy atom. The minimum atomic E-state index is -0.523. The number of aryl methyl sites for hydroxylation is 2. The van der Waals surface area contributed by atoms with Gasteiger partial charge in [-0.15, -0.1) is 10.2 Å². The molecule has 118 valence electrons. The van der Waals surface area contributed by atoms with Crippen LogP contribution < -0.4 is 0 Å². The molecular formula is C18H19N3OS. The van der Waals surface area contributed by atoms with Crippen LogP contribution in [0.5, 0.6) is 0 Å². The summed E-state index contributed by atoms with van der Waals surface area (Å²) in [5.41, 5.74) is 4.39. The molecule has 1 aromatic heterocycles. The van der Waals surface area contributed by atoms with Gasteiger partial charge in [-0.05, 0) is 31.0 Å². The van der Waals surface area contributed by atoms with E-state index in [0.29, 0.717) is 5.75 Å². The first-order valence-corrected chi connectivity index (χ1v) is 8.47. The van der Waals surface area contributed by atoms with Crippen molar-refractivity contribution in [1.29, 1.82) is 0 Å². The van der Waals surface area contributed by atoms with Crippen molar-refractivity contribution in [3.8, 4) is 5.69 Å². The van der Waals surface area contributed by atoms with Gasteiger partial charge in [0.2, 0.25) is 0 Å². The Balaban J connectivity index is 1.76. The second kappa shape index (κ2) is 6.98. The minimum Gasteiger partial charge on any atom is -0.388 e. The van der Waals surface area contributed by atoms with Gasteiger partial charge in [0, 0.05) is 5.75 Å². The molecular weight excluding hydrogens is 306 g/mol. The smallest absolute Gasteiger partial charge is 0.195 e. The number of thioether (sulfide) groups is 1. The summed E-state index contributed by atoms with van der Waals surface area (Å²) in [6.07, 6.45) is 1.19. The summed E-state index contributed by atoms with van der Waals surface area (Å²) < 4.78 is 1.97. The first-order chi connectivity index (χ1) is 11.1. The van der Waals surface area contributed by atoms with Gasteiger partial charge in [-0.3, -0.25) is 4.57 Å². The molecule has 3 aromatic rings. The molecule has 23 heavy (non-hydrogen) atoms. The van der Waals surface area contributed by atoms with Crippen LogP contribution in [0.2, 0.25) is 0 Å². The quantitative estimate of drug-likeness (QED) is 0.727. The van der Waals surface area contributed by atoms with E-state index < -0.39 is 6.10 Å². The zero-order valence-electron chi connectivity index (χ0n) is 13.2. The van der Waals surface area contributed by atoms with Crippen molar-refractivity contribution in [3.05, 3.63) is 71.5 Å². The number of hydrogen-bond acceptors (Lipinski definition) is 4. The summed E-state index contributed by atoms with van der Waals surface area (Å²) >= 11 is 1.50. The second-order valence-corrected chi connectivity index (χ2v) is 6.50. The fraction of sp³-hybridized carbons (Fsp3) is 0.222. The van der Waals surface area contributed by atoms with E-state index in [0.717, 1.165) is 16.4 Å². The molecule has 4 nitrogen and oxygen atoms in total. The average Bonchev–Trinajstić information content (AvgIpc) is 3.01. The van der Waals surface area contributed by atoms with Gasteiger partial charge in [0.15, 0.2) is 5.16 Å². The highest BCUT2D eigenvalue weighted by Crippen LogP contribution is 2.26. The Labute approximate surface area is 140 Å². The van der Waals surface area contributed by atoms with E-state index in [-0.39, 0.29) is 0 Å². The number of aliphatic hydroxyl groups is 1. The normalized spacial score (nSPS) is 12.3. The first kappa shape index (κ1) is 15.8. The van der Waals surface area contributed by atoms with E-state index in [4.69, 9.17) is 0 Å². The Kier molecular flexibility index (Phi) is 4.79. The van der Waals surface area contributed by atoms with Crippen molar-refractivity contribution in [3.63, 3.8) is 0 Å². The minimum absolute atomic E-state index is 0.523. The van der Waals surface area contributed by atoms with E-state index in [1.807, 2.05) is 34.9 Å². The lowest BCUT2D eigenvalue weighted by Gasteiger charge is -2.12. The molecule has 2 aromatic carbocycles. The fourth-order valence-electron chi connectivity index (χ4n) is 2.49. The van der Waals surface area contributed by atoms with Gasteiger partial charge >= 0.3 is 0 Å². The molecule has 0 saturated heterocycles. The number of hydrogen-bond donors (Lipinski definition) is 1. The molecule has 3 rings (SSSR count). The van der Waals surface area contributed by atoms with Crippen molar-refractivity contribution < 1.29 is 5.11 Å². The lowest BCUT2D eigenvalue weighted by molar-refractivity contribution is 0.204. The maximum atomic E-state index is 10.3. The number of nitrogens with zero attached hydrogens (tertiary/aromatic N) is 3. The summed E-state index contributed by atoms with van der Waals surface area (Å²) in [6, 6.07) is 16.0. The highest BCUT2D eigenvalue weighted by molar-refractivity contribution is 7.99. The number of benzene rings is 2. The van der Waals surface area contributed by atoms with Crippen LogP contribution in [0, 0.1) is 13.8 Å². The Hall–Kier alpha value is -2.11. The topological polar surface area (TPSA) is 50.9 Å². The standard InChI is InChI=1S/C18H19N3OS/c1-13-8-9-16(14(2)10-13)21-12-19-20-18(21)23-11-17(22)15-6-4-3-5-7-15/h3-10,12,17,22H,11H2,1-2H3. The van der Waals surface area contributed by atoms with Crippen molar-refractivity contribution in [2.75, 3.05) is 5.75 Å². The van der Waals surface area contributed by atoms with Crippen LogP contribution in [0.15, 0.2) is 60.0 Å². The van der Waals surface area contributed by atoms with Crippen LogP contribution in [0.25, 0.3) is 5.69 Å². The number of aromatic nitrogens is 3. The van der Waals surface area contributed by atoms with Gasteiger partial charge in [-0.25, -0.2) is 0 Å². The highest BCUT2D eigenvalue weighted by atomic mass is 32.2. The highest BCUT2D eigenvalue weighted by Gasteiger charge is 2.13. The van der Waals surface area contributed by atoms with Gasteiger partial charge < -0.3 is 5.11 Å². The predicted molar refractivity (Wildman–Crippen MR) is 93.0 cm³/mol. The third-order valence-corrected chi connectivity index (χ3v) is 4.70. The summed E-state index contributed by atoms with van der Waals surface area (Å²) in [4.78, 5) is 0. The van der Waals surface area contributed by atoms with Gasteiger partial charge in [0.25, 0.3) is 0 Å². The lowest BCUT2D eigenvalue weighted by Crippen LogP contribution is -2.03. The molecule has 0 amide bonds. The molecule has 1 heterocycles. The largest absolute Gasteiger partial charge is 0.388 e. The Morgan fingerprint density at radius 2 is 1.91 bits per heavy atom. The van der Waals surface area contributed by atoms with Crippen LogP contribution in [-0.4, -0.2) is 25.6 Å². The van der Waals surface area contributed by atoms with Gasteiger partial charge in [0.1, 0.15) is 6.33 Å². The van der Waals surface area contributed by atoms with Crippen LogP contribution in [0.4, 0.5) is 0 Å². The Bertz CT molecular complexity index is 786. The van der Waals surface area contributed by atoms with Crippen molar-refractivity contribution in [1.82, 2.24) is 14.8 Å². The average molecular weight is 325 g/mol. The van der Waals surface area contributed by atoms with E-state index >= 15 is 0 Å². The van der Waals surface area contributed by atoms with Gasteiger partial charge in [0.05, 0.1) is 11.8 Å². The molecule has 1 N–H and O–H groups in total. The molecule has 0 spiro atoms. The summed E-state index contributed by atoms with van der Waals surface area (Å²) in [5, 5.41) is 19.3. The third kappa shape index (κ3) is 3.63. The molecule has 5 heteroatoms. The van der Waals surface area contributed by atoms with Crippen molar-refractivity contribution in [2.24, 2.45) is 0 Å². The maximum absolute atomic E-state index is 10.3. The van der Waals surface area contributed by atoms with E-state index in [2.05, 4.69) is 42.2 Å². The van der Waals surface area contributed by atoms with Crippen LogP contribution in [-0.2, 0) is 0 Å². The van der Waals surface area contributed by atoms with E-state index in [9.17, 15) is 5.11 Å². The third-order valence-electron chi connectivity index (χ3n) is 3.68. The molecule has 1 unspecified atom stereocenters. The van der Waals surface area contributed by atoms with Crippen LogP contribution >= 0.6 is 11.8 Å². The molecule has 0 aliphatic rings. The monoisotopic (exact) mass is 325 g/mol. The zero-order chi connectivity index (χ0) is 16.2. The molecule has 0 aliphatic heterocycles. The van der Waals surface area contributed by atoms with Crippen LogP contribution in [0.1, 0.15) is 22.8 Å². The number of aliphatic hydroxyl groups excluding tert-OH is 1. The Morgan fingerprint density at radius 1 is 1.13 bits per heavy atom. The van der Waals surface area contributed by atoms with Gasteiger partial charge in [-0.1, -0.05) is 59.8 Å². The SMILES string of the molecule is Cc1ccc(-n2cnnc2SCC(O)c2ccccc2)c(C)c1. The predicted octanol–water partition coefficient (Wildman–Crippen LogP) is 3.71. The second-order valence-electron chi connectivity index (χ2n) is 5.51. The van der Waals surface area contributed by atoms with Crippen molar-refractivity contribution in [2.45, 2.75) is 25.1 Å². The zero-order valence-corrected chi connectivity index (χ0v) is 14.0. The van der Waals surface area contributed by atoms with Gasteiger partial charge in [-0.2, -0.15) is 0 Å². The molecule has 1 atom stereocenters. The van der Waals surface area contributed by atoms with E-state index in [1.54, 1.807) is 6.33 Å². The molecule has 0 saturated carbocycles. The molecule has 0 aliphatic carbocycles.